The molecule has 3 amide bonds. The standard InChI is InChI=1S/C60H101N3O46/c1-13(71)61-25-35(81)46(21(9-69)95-52(25)92)104-54-27(63-15(3)73)36(82)47(22(10-70)101-54)105-59-45(91)50(108-60-51(40(86)32(78)20(8-68)100-60)109-58-43(89)39(85)31(77)19(7-67)99-58)48(106-53-26(62-14(2)72)34(80)28(74)16(4-64)96-53)24(103-59)12-94-56-44(90)49(107-57-42(88)38(84)30(76)18(6-66)98-57)33(79)23(102-56)11-93-55-41(87)37(83)29(75)17(5-65)97-55/h16-60,64-70,74-92H,4-12H2,1-3H3,(H,61,71)(H,62,72)(H,63,73)/t16-,17-,18-,19-,20-,21-,22-,23-,24-,25-,26-,27-,28-,29-,30-,31-,32-,33-,34-,35-,36-,37+,38+,39+,40+,41+,42+,43+,44+,45+,46-,47-,48-,49+,50-,51+,52-,53+,54+,55+,56+,57-,58-,59+,60-/m1/s1. The third-order valence-corrected chi connectivity index (χ3v) is 19.9. The normalized spacial score (nSPS) is 50.0. The Kier molecular flexibility index (Phi) is 32.1. The van der Waals surface area contributed by atoms with Gasteiger partial charge in [0.1, 0.15) is 220 Å². The minimum Gasteiger partial charge on any atom is -0.394 e. The van der Waals surface area contributed by atoms with Crippen LogP contribution in [0.4, 0.5) is 0 Å². The van der Waals surface area contributed by atoms with Crippen molar-refractivity contribution in [2.24, 2.45) is 0 Å². The summed E-state index contributed by atoms with van der Waals surface area (Å²) >= 11 is 0. The van der Waals surface area contributed by atoms with Gasteiger partial charge in [0.25, 0.3) is 0 Å². The molecule has 49 nitrogen and oxygen atoms in total. The lowest BCUT2D eigenvalue weighted by Gasteiger charge is -2.52. The van der Waals surface area contributed by atoms with Gasteiger partial charge in [-0.3, -0.25) is 14.4 Å². The van der Waals surface area contributed by atoms with Crippen LogP contribution in [0.2, 0.25) is 0 Å². The molecule has 0 aliphatic carbocycles. The predicted octanol–water partition coefficient (Wildman–Crippen LogP) is -20.2. The summed E-state index contributed by atoms with van der Waals surface area (Å²) in [7, 11) is 0. The van der Waals surface area contributed by atoms with Crippen molar-refractivity contribution in [2.75, 3.05) is 59.5 Å². The fourth-order valence-corrected chi connectivity index (χ4v) is 13.9. The molecular weight excluding hydrogens is 1500 g/mol. The maximum atomic E-state index is 13.1. The summed E-state index contributed by atoms with van der Waals surface area (Å²) in [5.41, 5.74) is 0. The van der Waals surface area contributed by atoms with Crippen molar-refractivity contribution in [3.63, 3.8) is 0 Å². The van der Waals surface area contributed by atoms with Crippen LogP contribution >= 0.6 is 0 Å². The van der Waals surface area contributed by atoms with Crippen LogP contribution in [0.15, 0.2) is 0 Å². The summed E-state index contributed by atoms with van der Waals surface area (Å²) in [6.45, 7) is -7.20. The molecule has 632 valence electrons. The first-order valence-electron chi connectivity index (χ1n) is 34.6. The largest absolute Gasteiger partial charge is 0.394 e. The number of hydrogen-bond donors (Lipinski definition) is 29. The minimum atomic E-state index is -2.69. The van der Waals surface area contributed by atoms with Crippen molar-refractivity contribution in [3.05, 3.63) is 0 Å². The van der Waals surface area contributed by atoms with Gasteiger partial charge in [0, 0.05) is 20.8 Å². The number of ether oxygens (including phenoxy) is 17. The van der Waals surface area contributed by atoms with Gasteiger partial charge < -0.3 is 229 Å². The molecule has 9 heterocycles. The van der Waals surface area contributed by atoms with Crippen LogP contribution in [-0.4, -0.2) is 486 Å². The van der Waals surface area contributed by atoms with E-state index in [1.54, 1.807) is 0 Å². The maximum Gasteiger partial charge on any atom is 0.217 e. The first-order valence-corrected chi connectivity index (χ1v) is 34.6. The van der Waals surface area contributed by atoms with E-state index in [1.165, 1.54) is 0 Å². The first-order chi connectivity index (χ1) is 51.6. The molecule has 9 aliphatic heterocycles. The number of carbonyl (C=O) groups excluding carboxylic acids is 3. The molecule has 9 fully saturated rings. The van der Waals surface area contributed by atoms with E-state index in [9.17, 15) is 147 Å². The SMILES string of the molecule is CC(=O)N[C@@H]1[C@@H](O)[C@H](O[C@@H]2O[C@H](CO)[C@@H](O[C@@H]3O[C@H](CO[C@H]4O[C@H](CO[C@H]5O[C@H](CO)[C@@H](O)[C@H](O)[C@@H]5O)[C@@H](O)[C@H](O[C@H]5O[C@H](CO)[C@@H](O)[C@H](O)[C@@H]5O)[C@@H]4O)[C@@H](O[C@@H]4O[C@H](CO)[C@@H](O)[C@H](O)[C@H]4NC(C)=O)[C@H](O[C@H]4O[C@H](CO)[C@@H](O)[C@H](O)[C@@H]4O[C@H]4O[C@H](CO)[C@@H](O)[C@H](O)[C@@H]4O)[C@@H]3O)[C@H](O)[C@H]2NC(C)=O)[C@@H](CO)O[C@H]1O. The van der Waals surface area contributed by atoms with Gasteiger partial charge in [-0.2, -0.15) is 0 Å². The fourth-order valence-electron chi connectivity index (χ4n) is 13.9. The van der Waals surface area contributed by atoms with Gasteiger partial charge in [0.2, 0.25) is 17.7 Å². The average molecular weight is 1600 g/mol. The molecule has 109 heavy (non-hydrogen) atoms. The molecule has 9 aliphatic rings. The molecule has 0 bridgehead atoms. The smallest absolute Gasteiger partial charge is 0.217 e. The lowest BCUT2D eigenvalue weighted by atomic mass is 9.93. The number of aliphatic hydroxyl groups is 26. The van der Waals surface area contributed by atoms with E-state index < -0.39 is 353 Å². The van der Waals surface area contributed by atoms with Crippen molar-refractivity contribution in [3.8, 4) is 0 Å². The van der Waals surface area contributed by atoms with Gasteiger partial charge in [0.15, 0.2) is 56.6 Å². The van der Waals surface area contributed by atoms with Crippen molar-refractivity contribution >= 4 is 17.7 Å². The minimum absolute atomic E-state index is 0.802. The highest BCUT2D eigenvalue weighted by atomic mass is 16.8. The fraction of sp³-hybridized carbons (Fsp3) is 0.950. The monoisotopic (exact) mass is 1600 g/mol. The van der Waals surface area contributed by atoms with Crippen molar-refractivity contribution in [1.82, 2.24) is 16.0 Å². The van der Waals surface area contributed by atoms with Crippen LogP contribution in [0.1, 0.15) is 20.8 Å². The lowest BCUT2D eigenvalue weighted by Crippen LogP contribution is -2.71. The van der Waals surface area contributed by atoms with Crippen LogP contribution in [0, 0.1) is 0 Å². The van der Waals surface area contributed by atoms with Gasteiger partial charge in [-0.25, -0.2) is 0 Å². The molecule has 0 spiro atoms. The third kappa shape index (κ3) is 19.7. The van der Waals surface area contributed by atoms with E-state index in [0.29, 0.717) is 0 Å². The summed E-state index contributed by atoms with van der Waals surface area (Å²) in [6, 6.07) is -5.63. The summed E-state index contributed by atoms with van der Waals surface area (Å²) in [5.74, 6) is -2.74. The molecule has 0 saturated carbocycles. The molecule has 49 heteroatoms. The van der Waals surface area contributed by atoms with Crippen molar-refractivity contribution in [2.45, 2.75) is 297 Å². The molecule has 0 aromatic heterocycles. The highest BCUT2D eigenvalue weighted by molar-refractivity contribution is 5.74. The Morgan fingerprint density at radius 1 is 0.239 bits per heavy atom. The second-order valence-corrected chi connectivity index (χ2v) is 27.5. The van der Waals surface area contributed by atoms with Crippen LogP contribution in [0.25, 0.3) is 0 Å². The zero-order chi connectivity index (χ0) is 80.2. The number of aliphatic hydroxyl groups excluding tert-OH is 26. The Hall–Kier alpha value is -3.31. The molecule has 0 radical (unpaired) electrons. The molecule has 9 rings (SSSR count). The zero-order valence-corrected chi connectivity index (χ0v) is 58.1. The Balaban J connectivity index is 1.15. The van der Waals surface area contributed by atoms with Crippen LogP contribution < -0.4 is 16.0 Å². The molecule has 0 aromatic rings. The number of carbonyl (C=O) groups is 3. The summed E-state index contributed by atoms with van der Waals surface area (Å²) < 4.78 is 101. The van der Waals surface area contributed by atoms with Crippen molar-refractivity contribution in [1.29, 1.82) is 0 Å². The first kappa shape index (κ1) is 89.6. The second-order valence-electron chi connectivity index (χ2n) is 27.5. The van der Waals surface area contributed by atoms with Crippen LogP contribution in [0.5, 0.6) is 0 Å². The Labute approximate surface area is 616 Å². The summed E-state index contributed by atoms with van der Waals surface area (Å²) in [5, 5.41) is 295. The van der Waals surface area contributed by atoms with Gasteiger partial charge in [0.05, 0.1) is 59.5 Å². The Bertz CT molecular complexity index is 2840. The number of amides is 3. The topological polar surface area (TPSA) is 770 Å². The molecule has 9 saturated heterocycles. The highest BCUT2D eigenvalue weighted by Crippen LogP contribution is 2.40. The average Bonchev–Trinajstić information content (AvgIpc) is 0.760. The third-order valence-electron chi connectivity index (χ3n) is 19.9. The predicted molar refractivity (Wildman–Crippen MR) is 332 cm³/mol. The van der Waals surface area contributed by atoms with E-state index in [-0.39, 0.29) is 0 Å². The zero-order valence-electron chi connectivity index (χ0n) is 58.1. The van der Waals surface area contributed by atoms with E-state index in [4.69, 9.17) is 80.5 Å². The highest BCUT2D eigenvalue weighted by Gasteiger charge is 2.61. The number of hydrogen-bond acceptors (Lipinski definition) is 46. The van der Waals surface area contributed by atoms with Gasteiger partial charge in [-0.1, -0.05) is 0 Å². The van der Waals surface area contributed by atoms with Gasteiger partial charge in [-0.15, -0.1) is 0 Å². The Morgan fingerprint density at radius 2 is 0.532 bits per heavy atom. The van der Waals surface area contributed by atoms with Crippen LogP contribution in [0.3, 0.4) is 0 Å². The quantitative estimate of drug-likeness (QED) is 0.0346. The van der Waals surface area contributed by atoms with E-state index in [2.05, 4.69) is 16.0 Å². The van der Waals surface area contributed by atoms with E-state index in [1.807, 2.05) is 0 Å². The molecule has 45 atom stereocenters. The maximum absolute atomic E-state index is 13.1. The van der Waals surface area contributed by atoms with Crippen molar-refractivity contribution < 1.29 is 228 Å². The second kappa shape index (κ2) is 39.1. The van der Waals surface area contributed by atoms with E-state index in [0.717, 1.165) is 20.8 Å². The van der Waals surface area contributed by atoms with Gasteiger partial charge >= 0.3 is 0 Å². The summed E-state index contributed by atoms with van der Waals surface area (Å²) in [6.07, 6.45) is -90.4. The Morgan fingerprint density at radius 3 is 1.01 bits per heavy atom. The molecule has 0 unspecified atom stereocenters. The molecule has 29 N–H and O–H groups in total. The lowest BCUT2D eigenvalue weighted by molar-refractivity contribution is -0.409. The number of rotatable bonds is 28. The molecule has 0 aromatic carbocycles. The van der Waals surface area contributed by atoms with E-state index >= 15 is 0 Å². The van der Waals surface area contributed by atoms with Crippen LogP contribution in [-0.2, 0) is 94.9 Å². The molecular formula is C60H101N3O46. The number of nitrogens with one attached hydrogen (secondary N) is 3. The van der Waals surface area contributed by atoms with Gasteiger partial charge in [-0.05, 0) is 0 Å². The summed E-state index contributed by atoms with van der Waals surface area (Å²) in [4.78, 5) is 38.2.